The van der Waals surface area contributed by atoms with Crippen molar-refractivity contribution < 1.29 is 33.4 Å². The molecule has 0 radical (unpaired) electrons. The number of carboxylic acids is 2. The zero-order chi connectivity index (χ0) is 14.9. The van der Waals surface area contributed by atoms with Crippen LogP contribution in [0.3, 0.4) is 0 Å². The van der Waals surface area contributed by atoms with Gasteiger partial charge in [-0.05, 0) is 12.8 Å². The first kappa shape index (κ1) is 18.8. The third-order valence-corrected chi connectivity index (χ3v) is 7.66. The van der Waals surface area contributed by atoms with E-state index in [0.29, 0.717) is 5.75 Å². The lowest BCUT2D eigenvalue weighted by Gasteiger charge is -2.18. The molecular formula is C9H17O7PS2. The number of hydrogen-bond acceptors (Lipinski definition) is 7. The van der Waals surface area contributed by atoms with Gasteiger partial charge >= 0.3 is 17.7 Å². The second-order valence-corrected chi connectivity index (χ2v) is 10.4. The monoisotopic (exact) mass is 332 g/mol. The van der Waals surface area contributed by atoms with E-state index in [4.69, 9.17) is 19.3 Å². The van der Waals surface area contributed by atoms with Gasteiger partial charge in [-0.1, -0.05) is 24.7 Å². The second kappa shape index (κ2) is 9.66. The van der Waals surface area contributed by atoms with Crippen LogP contribution in [0.2, 0.25) is 0 Å². The van der Waals surface area contributed by atoms with Gasteiger partial charge in [-0.3, -0.25) is 13.9 Å². The molecule has 0 aromatic rings. The summed E-state index contributed by atoms with van der Waals surface area (Å²) in [6.07, 6.45) is -0.595. The molecule has 0 bridgehead atoms. The molecule has 0 fully saturated rings. The fourth-order valence-electron chi connectivity index (χ4n) is 1.03. The molecule has 0 saturated carbocycles. The molecule has 7 nitrogen and oxygen atoms in total. The van der Waals surface area contributed by atoms with Crippen LogP contribution in [0.5, 0.6) is 0 Å². The summed E-state index contributed by atoms with van der Waals surface area (Å²) in [5.41, 5.74) is 0. The molecule has 0 aliphatic rings. The zero-order valence-electron chi connectivity index (χ0n) is 10.4. The summed E-state index contributed by atoms with van der Waals surface area (Å²) < 4.78 is 26.0. The van der Waals surface area contributed by atoms with Crippen LogP contribution < -0.4 is 0 Å². The summed E-state index contributed by atoms with van der Waals surface area (Å²) in [7, 11) is 0. The van der Waals surface area contributed by atoms with E-state index in [1.54, 1.807) is 0 Å². The van der Waals surface area contributed by atoms with Crippen molar-refractivity contribution in [2.24, 2.45) is 0 Å². The minimum atomic E-state index is -3.58. The Bertz CT molecular complexity index is 349. The highest BCUT2D eigenvalue weighted by atomic mass is 33.1. The van der Waals surface area contributed by atoms with Gasteiger partial charge in [0, 0.05) is 12.2 Å². The summed E-state index contributed by atoms with van der Waals surface area (Å²) in [5.74, 6) is -5.68. The molecule has 0 aromatic heterocycles. The fraction of sp³-hybridized carbons (Fsp3) is 0.778. The van der Waals surface area contributed by atoms with Crippen LogP contribution >= 0.6 is 28.8 Å². The maximum atomic E-state index is 12.1. The van der Waals surface area contributed by atoms with Crippen molar-refractivity contribution in [2.75, 3.05) is 5.75 Å². The maximum absolute atomic E-state index is 12.1. The van der Waals surface area contributed by atoms with Crippen LogP contribution in [-0.2, 0) is 18.7 Å². The van der Waals surface area contributed by atoms with Gasteiger partial charge in [0.1, 0.15) is 0 Å². The molecule has 0 spiro atoms. The molecule has 0 amide bonds. The van der Waals surface area contributed by atoms with Crippen molar-refractivity contribution in [3.05, 3.63) is 0 Å². The predicted octanol–water partition coefficient (Wildman–Crippen LogP) is 3.17. The minimum absolute atomic E-state index is 0.0118. The van der Waals surface area contributed by atoms with E-state index >= 15 is 0 Å². The molecule has 2 atom stereocenters. The van der Waals surface area contributed by atoms with Crippen molar-refractivity contribution >= 4 is 40.8 Å². The average molecular weight is 332 g/mol. The highest BCUT2D eigenvalue weighted by Crippen LogP contribution is 2.69. The van der Waals surface area contributed by atoms with Crippen LogP contribution in [0.1, 0.15) is 32.6 Å². The Kier molecular flexibility index (Phi) is 9.55. The van der Waals surface area contributed by atoms with Gasteiger partial charge in [0.05, 0.1) is 11.7 Å². The highest BCUT2D eigenvalue weighted by Gasteiger charge is 2.33. The molecule has 0 saturated heterocycles. The van der Waals surface area contributed by atoms with E-state index in [9.17, 15) is 14.2 Å². The van der Waals surface area contributed by atoms with E-state index in [1.165, 1.54) is 0 Å². The van der Waals surface area contributed by atoms with Gasteiger partial charge in [0.2, 0.25) is 0 Å². The van der Waals surface area contributed by atoms with Gasteiger partial charge < -0.3 is 14.8 Å². The van der Waals surface area contributed by atoms with Crippen molar-refractivity contribution in [1.29, 1.82) is 0 Å². The Morgan fingerprint density at radius 1 is 1.37 bits per heavy atom. The topological polar surface area (TPSA) is 121 Å². The zero-order valence-corrected chi connectivity index (χ0v) is 12.9. The second-order valence-electron chi connectivity index (χ2n) is 3.58. The molecule has 3 N–H and O–H groups in total. The minimum Gasteiger partial charge on any atom is -0.481 e. The van der Waals surface area contributed by atoms with E-state index in [0.717, 1.165) is 24.2 Å². The lowest BCUT2D eigenvalue weighted by atomic mass is 10.2. The summed E-state index contributed by atoms with van der Waals surface area (Å²) in [6.45, 7) is 1.94. The molecule has 112 valence electrons. The highest BCUT2D eigenvalue weighted by molar-refractivity contribution is 8.87. The molecule has 0 rings (SSSR count). The molecule has 0 aliphatic carbocycles. The number of unbranched alkanes of at least 4 members (excludes halogenated alkanes) is 1. The first-order valence-corrected chi connectivity index (χ1v) is 10.1. The molecule has 2 unspecified atom stereocenters. The van der Waals surface area contributed by atoms with Crippen LogP contribution in [0.25, 0.3) is 0 Å². The normalized spacial score (nSPS) is 15.7. The van der Waals surface area contributed by atoms with E-state index < -0.39 is 30.2 Å². The third kappa shape index (κ3) is 8.54. The average Bonchev–Trinajstić information content (AvgIpc) is 2.34. The smallest absolute Gasteiger partial charge is 0.339 e. The van der Waals surface area contributed by atoms with Crippen molar-refractivity contribution in [3.8, 4) is 0 Å². The van der Waals surface area contributed by atoms with Gasteiger partial charge in [-0.15, -0.1) is 0 Å². The van der Waals surface area contributed by atoms with Gasteiger partial charge in [-0.2, -0.15) is 0 Å². The van der Waals surface area contributed by atoms with E-state index in [-0.39, 0.29) is 18.1 Å². The van der Waals surface area contributed by atoms with Gasteiger partial charge in [-0.25, -0.2) is 4.79 Å². The van der Waals surface area contributed by atoms with Gasteiger partial charge in [0.15, 0.2) is 6.10 Å². The Hall–Kier alpha value is -0.210. The number of aliphatic carboxylic acids is 2. The molecule has 19 heavy (non-hydrogen) atoms. The predicted molar refractivity (Wildman–Crippen MR) is 74.6 cm³/mol. The SMILES string of the molecule is CCCCSP(=O)(OC(CCC(=O)O)C(=O)O)SO. The fourth-order valence-corrected chi connectivity index (χ4v) is 5.54. The van der Waals surface area contributed by atoms with Crippen LogP contribution in [0, 0.1) is 0 Å². The van der Waals surface area contributed by atoms with Crippen molar-refractivity contribution in [1.82, 2.24) is 0 Å². The summed E-state index contributed by atoms with van der Waals surface area (Å²) in [6, 6.07) is 0. The molecule has 0 aliphatic heterocycles. The van der Waals surface area contributed by atoms with Crippen LogP contribution in [0.15, 0.2) is 0 Å². The van der Waals surface area contributed by atoms with E-state index in [1.807, 2.05) is 6.92 Å². The van der Waals surface area contributed by atoms with Crippen LogP contribution in [0.4, 0.5) is 0 Å². The maximum Gasteiger partial charge on any atom is 0.339 e. The largest absolute Gasteiger partial charge is 0.481 e. The van der Waals surface area contributed by atoms with Crippen molar-refractivity contribution in [3.63, 3.8) is 0 Å². The first-order chi connectivity index (χ1) is 8.84. The molecule has 0 heterocycles. The number of carbonyl (C=O) groups is 2. The Morgan fingerprint density at radius 3 is 2.42 bits per heavy atom. The first-order valence-electron chi connectivity index (χ1n) is 5.55. The molecular weight excluding hydrogens is 315 g/mol. The van der Waals surface area contributed by atoms with Crippen molar-refractivity contribution in [2.45, 2.75) is 38.7 Å². The summed E-state index contributed by atoms with van der Waals surface area (Å²) >= 11 is 0.852. The van der Waals surface area contributed by atoms with Gasteiger partial charge in [0.25, 0.3) is 0 Å². The molecule has 0 aromatic carbocycles. The number of hydrogen-bond donors (Lipinski definition) is 3. The standard InChI is InChI=1S/C9H17O7PS2/c1-2-3-6-18-17(14,19-15)16-7(9(12)13)4-5-8(10)11/h7,15H,2-6H2,1H3,(H,10,11)(H,12,13). The summed E-state index contributed by atoms with van der Waals surface area (Å²) in [5, 5.41) is 17.4. The lowest BCUT2D eigenvalue weighted by Crippen LogP contribution is -2.23. The number of carboxylic acid groups (broad SMARTS) is 2. The quantitative estimate of drug-likeness (QED) is 0.297. The number of rotatable bonds is 11. The Morgan fingerprint density at radius 2 is 2.00 bits per heavy atom. The third-order valence-electron chi connectivity index (χ3n) is 2.00. The Labute approximate surface area is 119 Å². The van der Waals surface area contributed by atoms with Crippen LogP contribution in [-0.4, -0.2) is 38.6 Å². The Balaban J connectivity index is 4.54. The van der Waals surface area contributed by atoms with E-state index in [2.05, 4.69) is 0 Å². The molecule has 10 heteroatoms. The lowest BCUT2D eigenvalue weighted by molar-refractivity contribution is -0.146. The summed E-state index contributed by atoms with van der Waals surface area (Å²) in [4.78, 5) is 21.3.